The van der Waals surface area contributed by atoms with Crippen LogP contribution < -0.4 is 21.7 Å². The number of hydrogen-bond donors (Lipinski definition) is 5. The lowest BCUT2D eigenvalue weighted by molar-refractivity contribution is -0.122. The number of nitrogens with zero attached hydrogens (tertiary/aromatic N) is 1. The van der Waals surface area contributed by atoms with E-state index in [-0.39, 0.29) is 12.5 Å². The van der Waals surface area contributed by atoms with Crippen LogP contribution in [0.5, 0.6) is 0 Å². The average molecular weight is 225 g/mol. The first kappa shape index (κ1) is 10.9. The van der Waals surface area contributed by atoms with Crippen LogP contribution in [0.2, 0.25) is 0 Å². The molecule has 2 unspecified atom stereocenters. The second-order valence-electron chi connectivity index (χ2n) is 3.69. The third-order valence-electron chi connectivity index (χ3n) is 2.43. The van der Waals surface area contributed by atoms with Crippen molar-refractivity contribution in [3.63, 3.8) is 0 Å². The minimum atomic E-state index is -0.680. The number of amidine groups is 1. The van der Waals surface area contributed by atoms with E-state index < -0.39 is 12.3 Å². The molecule has 0 fully saturated rings. The molecule has 2 rings (SSSR count). The number of carbonyl (C=O) groups excluding carboxylic acids is 1. The zero-order valence-electron chi connectivity index (χ0n) is 8.73. The molecule has 0 spiro atoms. The van der Waals surface area contributed by atoms with E-state index in [4.69, 9.17) is 10.8 Å². The van der Waals surface area contributed by atoms with Crippen molar-refractivity contribution in [2.24, 2.45) is 10.7 Å². The maximum absolute atomic E-state index is 11.6. The number of carbonyl (C=O) groups is 1. The van der Waals surface area contributed by atoms with Crippen molar-refractivity contribution in [1.82, 2.24) is 16.0 Å². The highest BCUT2D eigenvalue weighted by Gasteiger charge is 2.32. The molecule has 0 saturated heterocycles. The second kappa shape index (κ2) is 4.50. The number of aliphatic hydroxyl groups excluding tert-OH is 1. The van der Waals surface area contributed by atoms with Gasteiger partial charge in [-0.15, -0.1) is 0 Å². The van der Waals surface area contributed by atoms with Gasteiger partial charge in [0.2, 0.25) is 0 Å². The molecule has 0 aliphatic carbocycles. The molecule has 2 aliphatic rings. The van der Waals surface area contributed by atoms with Crippen molar-refractivity contribution in [1.29, 1.82) is 0 Å². The van der Waals surface area contributed by atoms with Gasteiger partial charge in [-0.2, -0.15) is 0 Å². The molecule has 1 amide bonds. The number of amides is 1. The highest BCUT2D eigenvalue weighted by atomic mass is 16.2. The van der Waals surface area contributed by atoms with E-state index in [1.54, 1.807) is 6.20 Å². The summed E-state index contributed by atoms with van der Waals surface area (Å²) in [4.78, 5) is 15.7. The molecule has 0 radical (unpaired) electrons. The summed E-state index contributed by atoms with van der Waals surface area (Å²) in [5.41, 5.74) is 6.38. The van der Waals surface area contributed by atoms with Crippen molar-refractivity contribution < 1.29 is 9.90 Å². The van der Waals surface area contributed by atoms with Crippen LogP contribution in [0.3, 0.4) is 0 Å². The third kappa shape index (κ3) is 2.15. The van der Waals surface area contributed by atoms with Crippen LogP contribution >= 0.6 is 0 Å². The van der Waals surface area contributed by atoms with Gasteiger partial charge in [0.05, 0.1) is 0 Å². The lowest BCUT2D eigenvalue weighted by atomic mass is 10.1. The summed E-state index contributed by atoms with van der Waals surface area (Å²) in [6, 6.07) is -0.501. The van der Waals surface area contributed by atoms with Gasteiger partial charge < -0.3 is 21.1 Å². The Balaban J connectivity index is 2.07. The molecule has 2 atom stereocenters. The number of hydrogen-bond acceptors (Lipinski definition) is 6. The number of aliphatic imine (C=N–C) groups is 1. The van der Waals surface area contributed by atoms with E-state index in [0.29, 0.717) is 18.7 Å². The molecule has 0 bridgehead atoms. The summed E-state index contributed by atoms with van der Waals surface area (Å²) in [6.45, 7) is 0.127. The summed E-state index contributed by atoms with van der Waals surface area (Å²) < 4.78 is 0. The Kier molecular flexibility index (Phi) is 3.07. The zero-order chi connectivity index (χ0) is 11.5. The van der Waals surface area contributed by atoms with Crippen molar-refractivity contribution >= 4 is 11.7 Å². The molecule has 0 saturated carbocycles. The van der Waals surface area contributed by atoms with Crippen molar-refractivity contribution in [2.45, 2.75) is 25.2 Å². The first-order valence-corrected chi connectivity index (χ1v) is 5.17. The van der Waals surface area contributed by atoms with Gasteiger partial charge in [0.1, 0.15) is 5.84 Å². The van der Waals surface area contributed by atoms with Gasteiger partial charge >= 0.3 is 0 Å². The van der Waals surface area contributed by atoms with E-state index in [1.165, 1.54) is 0 Å². The lowest BCUT2D eigenvalue weighted by Crippen LogP contribution is -2.62. The van der Waals surface area contributed by atoms with Crippen LogP contribution in [0.4, 0.5) is 0 Å². The van der Waals surface area contributed by atoms with Crippen molar-refractivity contribution in [3.05, 3.63) is 11.9 Å². The Morgan fingerprint density at radius 3 is 3.06 bits per heavy atom. The minimum absolute atomic E-state index is 0.127. The topological polar surface area (TPSA) is 112 Å². The van der Waals surface area contributed by atoms with Crippen LogP contribution in [0.1, 0.15) is 12.8 Å². The van der Waals surface area contributed by atoms with E-state index in [0.717, 1.165) is 5.70 Å². The molecule has 2 aliphatic heterocycles. The molecule has 0 aromatic carbocycles. The molecule has 7 heteroatoms. The van der Waals surface area contributed by atoms with Gasteiger partial charge in [-0.05, 0) is 12.8 Å². The molecule has 2 heterocycles. The Morgan fingerprint density at radius 1 is 1.50 bits per heavy atom. The molecule has 88 valence electrons. The number of fused-ring (bicyclic) bond motifs is 1. The molecular weight excluding hydrogens is 210 g/mol. The van der Waals surface area contributed by atoms with E-state index in [9.17, 15) is 4.79 Å². The SMILES string of the molecule is NC1N=C2NC=C(CCCO)NC2C(=O)N1. The maximum atomic E-state index is 11.6. The first-order chi connectivity index (χ1) is 7.70. The number of nitrogens with two attached hydrogens (primary N) is 1. The number of nitrogens with one attached hydrogen (secondary N) is 3. The average Bonchev–Trinajstić information content (AvgIpc) is 2.26. The fraction of sp³-hybridized carbons (Fsp3) is 0.556. The van der Waals surface area contributed by atoms with Crippen LogP contribution in [0, 0.1) is 0 Å². The molecule has 16 heavy (non-hydrogen) atoms. The summed E-state index contributed by atoms with van der Waals surface area (Å²) in [7, 11) is 0. The predicted octanol–water partition coefficient (Wildman–Crippen LogP) is -2.07. The predicted molar refractivity (Wildman–Crippen MR) is 58.0 cm³/mol. The smallest absolute Gasteiger partial charge is 0.253 e. The van der Waals surface area contributed by atoms with Gasteiger partial charge in [-0.3, -0.25) is 10.5 Å². The molecule has 0 aromatic heterocycles. The fourth-order valence-corrected chi connectivity index (χ4v) is 1.67. The van der Waals surface area contributed by atoms with Gasteiger partial charge in [-0.25, -0.2) is 4.99 Å². The summed E-state index contributed by atoms with van der Waals surface area (Å²) >= 11 is 0. The highest BCUT2D eigenvalue weighted by Crippen LogP contribution is 2.09. The number of aliphatic hydroxyl groups is 1. The van der Waals surface area contributed by atoms with E-state index in [2.05, 4.69) is 20.9 Å². The van der Waals surface area contributed by atoms with Gasteiger partial charge in [0, 0.05) is 18.5 Å². The summed E-state index contributed by atoms with van der Waals surface area (Å²) in [5.74, 6) is 0.337. The Labute approximate surface area is 92.8 Å². The highest BCUT2D eigenvalue weighted by molar-refractivity contribution is 6.09. The van der Waals surface area contributed by atoms with Crippen LogP contribution in [-0.4, -0.2) is 35.8 Å². The monoisotopic (exact) mass is 225 g/mol. The van der Waals surface area contributed by atoms with E-state index in [1.807, 2.05) is 0 Å². The standard InChI is InChI=1S/C9H15N5O2/c10-9-13-7-6(8(16)14-9)12-5(4-11-7)2-1-3-15/h4,6,9,12,15H,1-3,10H2,(H,11,13)(H,14,16). The zero-order valence-corrected chi connectivity index (χ0v) is 8.73. The van der Waals surface area contributed by atoms with Crippen molar-refractivity contribution in [2.75, 3.05) is 6.61 Å². The van der Waals surface area contributed by atoms with Crippen molar-refractivity contribution in [3.8, 4) is 0 Å². The fourth-order valence-electron chi connectivity index (χ4n) is 1.67. The molecule has 7 nitrogen and oxygen atoms in total. The quantitative estimate of drug-likeness (QED) is 0.379. The summed E-state index contributed by atoms with van der Waals surface area (Å²) in [6.07, 6.45) is 2.41. The molecular formula is C9H15N5O2. The Hall–Kier alpha value is -1.60. The van der Waals surface area contributed by atoms with Crippen LogP contribution in [-0.2, 0) is 4.79 Å². The Bertz CT molecular complexity index is 352. The lowest BCUT2D eigenvalue weighted by Gasteiger charge is -2.31. The van der Waals surface area contributed by atoms with Gasteiger partial charge in [-0.1, -0.05) is 0 Å². The van der Waals surface area contributed by atoms with Crippen LogP contribution in [0.15, 0.2) is 16.9 Å². The molecule has 6 N–H and O–H groups in total. The summed E-state index contributed by atoms with van der Waals surface area (Å²) in [5, 5.41) is 17.2. The van der Waals surface area contributed by atoms with E-state index >= 15 is 0 Å². The third-order valence-corrected chi connectivity index (χ3v) is 2.43. The molecule has 0 aromatic rings. The number of rotatable bonds is 3. The normalized spacial score (nSPS) is 28.0. The number of allylic oxidation sites excluding steroid dienone is 1. The minimum Gasteiger partial charge on any atom is -0.396 e. The van der Waals surface area contributed by atoms with Gasteiger partial charge in [0.15, 0.2) is 12.3 Å². The van der Waals surface area contributed by atoms with Crippen LogP contribution in [0.25, 0.3) is 0 Å². The largest absolute Gasteiger partial charge is 0.396 e. The Morgan fingerprint density at radius 2 is 2.31 bits per heavy atom. The maximum Gasteiger partial charge on any atom is 0.253 e. The second-order valence-corrected chi connectivity index (χ2v) is 3.69. The van der Waals surface area contributed by atoms with Gasteiger partial charge in [0.25, 0.3) is 5.91 Å². The first-order valence-electron chi connectivity index (χ1n) is 5.17.